The average molecular weight is 335 g/mol. The van der Waals surface area contributed by atoms with Crippen LogP contribution in [0.15, 0.2) is 0 Å². The van der Waals surface area contributed by atoms with Gasteiger partial charge in [-0.2, -0.15) is 0 Å². The lowest BCUT2D eigenvalue weighted by Gasteiger charge is -2.28. The van der Waals surface area contributed by atoms with Crippen molar-refractivity contribution in [2.24, 2.45) is 11.3 Å². The van der Waals surface area contributed by atoms with E-state index in [0.717, 1.165) is 8.97 Å². The van der Waals surface area contributed by atoms with Crippen LogP contribution in [0.25, 0.3) is 0 Å². The molecule has 0 fully saturated rings. The molecule has 0 spiro atoms. The molecule has 0 N–H and O–H groups in total. The van der Waals surface area contributed by atoms with Crippen molar-refractivity contribution in [1.82, 2.24) is 0 Å². The monoisotopic (exact) mass is 334 g/mol. The molecule has 0 aliphatic rings. The van der Waals surface area contributed by atoms with Crippen LogP contribution in [0.1, 0.15) is 33.6 Å². The molecule has 0 heterocycles. The number of rotatable bonds is 5. The number of hydrogen-bond acceptors (Lipinski definition) is 4. The summed E-state index contributed by atoms with van der Waals surface area (Å²) in [4.78, 5) is 20.7. The minimum absolute atomic E-state index is 0.134. The SMILES string of the molecule is CC(CC(C)(C)CC(=O)[O-])C(=O)[O-].C[N+](C)(C)C.C[N+](C)(C)C. The Labute approximate surface area is 142 Å². The maximum atomic E-state index is 10.4. The lowest BCUT2D eigenvalue weighted by molar-refractivity contribution is -0.849. The van der Waals surface area contributed by atoms with E-state index < -0.39 is 23.3 Å². The Hall–Kier alpha value is -1.14. The molecule has 0 radical (unpaired) electrons. The van der Waals surface area contributed by atoms with Gasteiger partial charge in [-0.1, -0.05) is 20.8 Å². The smallest absolute Gasteiger partial charge is 0.0675 e. The largest absolute Gasteiger partial charge is 0.550 e. The van der Waals surface area contributed by atoms with Crippen LogP contribution in [-0.4, -0.2) is 77.3 Å². The van der Waals surface area contributed by atoms with E-state index in [1.54, 1.807) is 13.8 Å². The molecule has 0 aromatic carbocycles. The summed E-state index contributed by atoms with van der Waals surface area (Å²) in [7, 11) is 17.0. The Morgan fingerprint density at radius 1 is 0.870 bits per heavy atom. The predicted octanol–water partition coefficient (Wildman–Crippen LogP) is -0.426. The first-order chi connectivity index (χ1) is 9.74. The van der Waals surface area contributed by atoms with Gasteiger partial charge in [0, 0.05) is 11.9 Å². The van der Waals surface area contributed by atoms with Gasteiger partial charge in [0.2, 0.25) is 0 Å². The molecule has 0 bridgehead atoms. The maximum Gasteiger partial charge on any atom is 0.0675 e. The average Bonchev–Trinajstić information content (AvgIpc) is 2.07. The highest BCUT2D eigenvalue weighted by atomic mass is 16.4. The maximum absolute atomic E-state index is 10.4. The predicted molar refractivity (Wildman–Crippen MR) is 90.1 cm³/mol. The van der Waals surface area contributed by atoms with Crippen LogP contribution in [-0.2, 0) is 9.59 Å². The standard InChI is InChI=1S/C9H16O4.2C4H12N/c1-6(8(12)13)4-9(2,3)5-7(10)11;2*1-5(2,3)4/h6H,4-5H2,1-3H3,(H,10,11)(H,12,13);2*1-4H3/q;2*+1/p-2. The van der Waals surface area contributed by atoms with Crippen molar-refractivity contribution in [1.29, 1.82) is 0 Å². The molecule has 23 heavy (non-hydrogen) atoms. The Bertz CT molecular complexity index is 329. The highest BCUT2D eigenvalue weighted by molar-refractivity contribution is 5.68. The van der Waals surface area contributed by atoms with Crippen molar-refractivity contribution < 1.29 is 28.8 Å². The summed E-state index contributed by atoms with van der Waals surface area (Å²) in [6.07, 6.45) is 0.147. The second-order valence-corrected chi connectivity index (χ2v) is 9.50. The van der Waals surface area contributed by atoms with Crippen LogP contribution in [0.3, 0.4) is 0 Å². The number of carbonyl (C=O) groups excluding carboxylic acids is 2. The lowest BCUT2D eigenvalue weighted by Crippen LogP contribution is -2.35. The second kappa shape index (κ2) is 10.6. The topological polar surface area (TPSA) is 80.3 Å². The molecular weight excluding hydrogens is 296 g/mol. The number of hydrogen-bond donors (Lipinski definition) is 0. The van der Waals surface area contributed by atoms with E-state index in [2.05, 4.69) is 56.4 Å². The number of aliphatic carboxylic acids is 2. The molecule has 1 atom stereocenters. The fourth-order valence-electron chi connectivity index (χ4n) is 1.38. The van der Waals surface area contributed by atoms with Gasteiger partial charge in [-0.05, 0) is 24.2 Å². The minimum atomic E-state index is -1.16. The Morgan fingerprint density at radius 3 is 1.30 bits per heavy atom. The van der Waals surface area contributed by atoms with Crippen LogP contribution in [0.4, 0.5) is 0 Å². The fraction of sp³-hybridized carbons (Fsp3) is 0.882. The van der Waals surface area contributed by atoms with Crippen LogP contribution in [0, 0.1) is 11.3 Å². The molecular formula is C17H38N2O4. The van der Waals surface area contributed by atoms with Gasteiger partial charge in [-0.3, -0.25) is 0 Å². The number of nitrogens with zero attached hydrogens (tertiary/aromatic N) is 2. The zero-order chi connectivity index (χ0) is 19.6. The van der Waals surface area contributed by atoms with Crippen molar-refractivity contribution in [3.8, 4) is 0 Å². The quantitative estimate of drug-likeness (QED) is 0.639. The number of carboxylic acid groups (broad SMARTS) is 2. The molecule has 0 aliphatic carbocycles. The van der Waals surface area contributed by atoms with Gasteiger partial charge >= 0.3 is 0 Å². The molecule has 0 amide bonds. The van der Waals surface area contributed by atoms with Crippen molar-refractivity contribution in [2.45, 2.75) is 33.6 Å². The Morgan fingerprint density at radius 2 is 1.13 bits per heavy atom. The van der Waals surface area contributed by atoms with Gasteiger partial charge in [0.25, 0.3) is 0 Å². The van der Waals surface area contributed by atoms with Crippen molar-refractivity contribution in [2.75, 3.05) is 56.4 Å². The first kappa shape index (κ1) is 26.7. The molecule has 0 rings (SSSR count). The summed E-state index contributed by atoms with van der Waals surface area (Å²) in [6, 6.07) is 0. The van der Waals surface area contributed by atoms with Crippen molar-refractivity contribution >= 4 is 11.9 Å². The van der Waals surface area contributed by atoms with Crippen LogP contribution in [0.5, 0.6) is 0 Å². The molecule has 140 valence electrons. The summed E-state index contributed by atoms with van der Waals surface area (Å²) in [5, 5.41) is 20.7. The van der Waals surface area contributed by atoms with Crippen LogP contribution < -0.4 is 10.2 Å². The van der Waals surface area contributed by atoms with Crippen LogP contribution in [0.2, 0.25) is 0 Å². The minimum Gasteiger partial charge on any atom is -0.550 e. The van der Waals surface area contributed by atoms with Gasteiger partial charge in [-0.25, -0.2) is 0 Å². The molecule has 0 aliphatic heterocycles. The van der Waals surface area contributed by atoms with E-state index in [9.17, 15) is 19.8 Å². The number of carboxylic acids is 2. The van der Waals surface area contributed by atoms with Crippen molar-refractivity contribution in [3.63, 3.8) is 0 Å². The fourth-order valence-corrected chi connectivity index (χ4v) is 1.38. The third kappa shape index (κ3) is 44.9. The van der Waals surface area contributed by atoms with E-state index >= 15 is 0 Å². The highest BCUT2D eigenvalue weighted by Crippen LogP contribution is 2.28. The number of quaternary nitrogens is 2. The zero-order valence-electron chi connectivity index (χ0n) is 17.0. The molecule has 0 saturated carbocycles. The molecule has 1 unspecified atom stereocenters. The van der Waals surface area contributed by atoms with E-state index in [4.69, 9.17) is 0 Å². The summed E-state index contributed by atoms with van der Waals surface area (Å²) in [6.45, 7) is 4.90. The third-order valence-corrected chi connectivity index (χ3v) is 1.88. The summed E-state index contributed by atoms with van der Waals surface area (Å²) in [5.74, 6) is -2.93. The number of carbonyl (C=O) groups is 2. The van der Waals surface area contributed by atoms with E-state index in [-0.39, 0.29) is 12.8 Å². The van der Waals surface area contributed by atoms with Crippen LogP contribution >= 0.6 is 0 Å². The van der Waals surface area contributed by atoms with E-state index in [1.165, 1.54) is 6.92 Å². The van der Waals surface area contributed by atoms with E-state index in [0.29, 0.717) is 0 Å². The lowest BCUT2D eigenvalue weighted by atomic mass is 9.81. The van der Waals surface area contributed by atoms with Crippen molar-refractivity contribution in [3.05, 3.63) is 0 Å². The first-order valence-electron chi connectivity index (χ1n) is 7.73. The molecule has 6 heteroatoms. The highest BCUT2D eigenvalue weighted by Gasteiger charge is 2.21. The first-order valence-corrected chi connectivity index (χ1v) is 7.73. The van der Waals surface area contributed by atoms with Gasteiger partial charge in [-0.15, -0.1) is 0 Å². The Balaban J connectivity index is -0.000000329. The van der Waals surface area contributed by atoms with E-state index in [1.807, 2.05) is 0 Å². The van der Waals surface area contributed by atoms with Gasteiger partial charge < -0.3 is 28.8 Å². The Kier molecular flexibility index (Phi) is 12.3. The molecule has 0 aromatic rings. The molecule has 6 nitrogen and oxygen atoms in total. The normalized spacial score (nSPS) is 13.0. The van der Waals surface area contributed by atoms with Gasteiger partial charge in [0.05, 0.1) is 56.4 Å². The second-order valence-electron chi connectivity index (χ2n) is 9.50. The summed E-state index contributed by atoms with van der Waals surface area (Å²) < 4.78 is 2.00. The van der Waals surface area contributed by atoms with Gasteiger partial charge in [0.1, 0.15) is 0 Å². The zero-order valence-corrected chi connectivity index (χ0v) is 17.0. The molecule has 0 aromatic heterocycles. The summed E-state index contributed by atoms with van der Waals surface area (Å²) in [5.41, 5.74) is -0.557. The molecule has 0 saturated heterocycles. The third-order valence-electron chi connectivity index (χ3n) is 1.88. The van der Waals surface area contributed by atoms with Gasteiger partial charge in [0.15, 0.2) is 0 Å². The summed E-state index contributed by atoms with van der Waals surface area (Å²) >= 11 is 0.